The number of pyridine rings is 1. The predicted molar refractivity (Wildman–Crippen MR) is 85.3 cm³/mol. The number of phenols is 1. The molecule has 1 atom stereocenters. The molecule has 0 bridgehead atoms. The summed E-state index contributed by atoms with van der Waals surface area (Å²) in [5.74, 6) is 0.825. The summed E-state index contributed by atoms with van der Waals surface area (Å²) in [7, 11) is 5.56. The van der Waals surface area contributed by atoms with E-state index >= 15 is 0 Å². The van der Waals surface area contributed by atoms with Crippen molar-refractivity contribution in [2.24, 2.45) is 0 Å². The Morgan fingerprint density at radius 3 is 2.43 bits per heavy atom. The third-order valence-electron chi connectivity index (χ3n) is 3.32. The second kappa shape index (κ2) is 6.35. The van der Waals surface area contributed by atoms with E-state index in [-0.39, 0.29) is 11.8 Å². The zero-order valence-corrected chi connectivity index (χ0v) is 12.8. The molecule has 5 heteroatoms. The van der Waals surface area contributed by atoms with Crippen LogP contribution < -0.4 is 15.0 Å². The van der Waals surface area contributed by atoms with Crippen LogP contribution in [0.1, 0.15) is 18.5 Å². The Hall–Kier alpha value is -2.43. The van der Waals surface area contributed by atoms with Crippen LogP contribution in [0.25, 0.3) is 0 Å². The lowest BCUT2D eigenvalue weighted by Gasteiger charge is -2.23. The highest BCUT2D eigenvalue weighted by atomic mass is 16.5. The van der Waals surface area contributed by atoms with Gasteiger partial charge in [-0.1, -0.05) is 12.1 Å². The highest BCUT2D eigenvalue weighted by Crippen LogP contribution is 2.34. The number of rotatable bonds is 5. The van der Waals surface area contributed by atoms with Crippen LogP contribution in [0.4, 0.5) is 11.4 Å². The van der Waals surface area contributed by atoms with Crippen molar-refractivity contribution in [1.29, 1.82) is 0 Å². The molecule has 1 unspecified atom stereocenters. The van der Waals surface area contributed by atoms with Crippen molar-refractivity contribution in [2.75, 3.05) is 31.4 Å². The van der Waals surface area contributed by atoms with Crippen LogP contribution in [0.2, 0.25) is 0 Å². The van der Waals surface area contributed by atoms with E-state index in [9.17, 15) is 5.11 Å². The minimum absolute atomic E-state index is 0.0578. The third-order valence-corrected chi connectivity index (χ3v) is 3.32. The summed E-state index contributed by atoms with van der Waals surface area (Å²) >= 11 is 0. The van der Waals surface area contributed by atoms with E-state index in [0.717, 1.165) is 16.9 Å². The van der Waals surface area contributed by atoms with Crippen molar-refractivity contribution in [3.8, 4) is 11.6 Å². The van der Waals surface area contributed by atoms with Crippen molar-refractivity contribution in [3.63, 3.8) is 0 Å². The van der Waals surface area contributed by atoms with E-state index in [1.54, 1.807) is 25.4 Å². The van der Waals surface area contributed by atoms with Crippen molar-refractivity contribution < 1.29 is 9.84 Å². The maximum atomic E-state index is 9.37. The van der Waals surface area contributed by atoms with E-state index in [1.165, 1.54) is 0 Å². The quantitative estimate of drug-likeness (QED) is 0.885. The SMILES string of the molecule is COc1nccc(N(C)C)c1NC(C)c1ccc(O)cc1. The number of nitrogens with one attached hydrogen (secondary N) is 1. The molecule has 112 valence electrons. The van der Waals surface area contributed by atoms with Gasteiger partial charge in [-0.2, -0.15) is 0 Å². The fourth-order valence-corrected chi connectivity index (χ4v) is 2.16. The Bertz CT molecular complexity index is 597. The van der Waals surface area contributed by atoms with Gasteiger partial charge in [0, 0.05) is 26.3 Å². The molecule has 1 aromatic heterocycles. The lowest BCUT2D eigenvalue weighted by atomic mass is 10.1. The molecule has 0 aliphatic carbocycles. The minimum Gasteiger partial charge on any atom is -0.508 e. The molecule has 0 aliphatic heterocycles. The molecule has 2 N–H and O–H groups in total. The van der Waals surface area contributed by atoms with Gasteiger partial charge in [0.15, 0.2) is 0 Å². The first-order valence-corrected chi connectivity index (χ1v) is 6.78. The third kappa shape index (κ3) is 3.37. The summed E-state index contributed by atoms with van der Waals surface area (Å²) in [6, 6.07) is 9.15. The molecule has 1 heterocycles. The summed E-state index contributed by atoms with van der Waals surface area (Å²) < 4.78 is 5.35. The number of aromatic hydroxyl groups is 1. The van der Waals surface area contributed by atoms with Crippen molar-refractivity contribution in [1.82, 2.24) is 4.98 Å². The average molecular weight is 287 g/mol. The monoisotopic (exact) mass is 287 g/mol. The molecule has 0 fully saturated rings. The highest BCUT2D eigenvalue weighted by Gasteiger charge is 2.15. The van der Waals surface area contributed by atoms with E-state index in [2.05, 4.69) is 17.2 Å². The van der Waals surface area contributed by atoms with Crippen molar-refractivity contribution in [2.45, 2.75) is 13.0 Å². The predicted octanol–water partition coefficient (Wildman–Crippen LogP) is 3.03. The fourth-order valence-electron chi connectivity index (χ4n) is 2.16. The van der Waals surface area contributed by atoms with E-state index in [0.29, 0.717) is 5.88 Å². The number of hydrogen-bond donors (Lipinski definition) is 2. The van der Waals surface area contributed by atoms with Gasteiger partial charge in [-0.05, 0) is 30.7 Å². The number of ether oxygens (including phenoxy) is 1. The molecule has 0 radical (unpaired) electrons. The summed E-state index contributed by atoms with van der Waals surface area (Å²) in [6.07, 6.45) is 1.73. The van der Waals surface area contributed by atoms with Crippen LogP contribution in [0.3, 0.4) is 0 Å². The van der Waals surface area contributed by atoms with Gasteiger partial charge in [-0.15, -0.1) is 0 Å². The van der Waals surface area contributed by atoms with Gasteiger partial charge in [0.25, 0.3) is 0 Å². The van der Waals surface area contributed by atoms with Crippen molar-refractivity contribution in [3.05, 3.63) is 42.1 Å². The van der Waals surface area contributed by atoms with Crippen LogP contribution in [0.5, 0.6) is 11.6 Å². The van der Waals surface area contributed by atoms with Crippen LogP contribution in [-0.4, -0.2) is 31.3 Å². The number of aromatic nitrogens is 1. The zero-order chi connectivity index (χ0) is 15.4. The van der Waals surface area contributed by atoms with E-state index < -0.39 is 0 Å². The summed E-state index contributed by atoms with van der Waals surface area (Å²) in [5.41, 5.74) is 2.93. The number of phenolic OH excluding ortho intramolecular Hbond substituents is 1. The Morgan fingerprint density at radius 2 is 1.86 bits per heavy atom. The lowest BCUT2D eigenvalue weighted by molar-refractivity contribution is 0.399. The van der Waals surface area contributed by atoms with E-state index in [4.69, 9.17) is 4.74 Å². The van der Waals surface area contributed by atoms with Gasteiger partial charge in [0.2, 0.25) is 5.88 Å². The van der Waals surface area contributed by atoms with Crippen LogP contribution in [-0.2, 0) is 0 Å². The first kappa shape index (κ1) is 15.0. The Labute approximate surface area is 125 Å². The number of nitrogens with zero attached hydrogens (tertiary/aromatic N) is 2. The maximum absolute atomic E-state index is 9.37. The molecule has 5 nitrogen and oxygen atoms in total. The topological polar surface area (TPSA) is 57.6 Å². The second-order valence-electron chi connectivity index (χ2n) is 5.07. The minimum atomic E-state index is 0.0578. The fraction of sp³-hybridized carbons (Fsp3) is 0.312. The van der Waals surface area contributed by atoms with Gasteiger partial charge < -0.3 is 20.1 Å². The molecule has 2 aromatic rings. The molecule has 0 spiro atoms. The molecule has 1 aromatic carbocycles. The molecule has 0 saturated carbocycles. The molecule has 0 saturated heterocycles. The molecular formula is C16H21N3O2. The van der Waals surface area contributed by atoms with Gasteiger partial charge in [0.05, 0.1) is 12.8 Å². The highest BCUT2D eigenvalue weighted by molar-refractivity contribution is 5.74. The summed E-state index contributed by atoms with van der Waals surface area (Å²) in [4.78, 5) is 6.26. The Balaban J connectivity index is 2.31. The van der Waals surface area contributed by atoms with Gasteiger partial charge in [-0.3, -0.25) is 0 Å². The summed E-state index contributed by atoms with van der Waals surface area (Å²) in [6.45, 7) is 2.05. The molecule has 2 rings (SSSR count). The van der Waals surface area contributed by atoms with Crippen LogP contribution in [0.15, 0.2) is 36.5 Å². The van der Waals surface area contributed by atoms with E-state index in [1.807, 2.05) is 37.2 Å². The molecule has 0 amide bonds. The Kier molecular flexibility index (Phi) is 4.52. The Morgan fingerprint density at radius 1 is 1.19 bits per heavy atom. The lowest BCUT2D eigenvalue weighted by Crippen LogP contribution is -2.15. The van der Waals surface area contributed by atoms with Gasteiger partial charge >= 0.3 is 0 Å². The van der Waals surface area contributed by atoms with Crippen LogP contribution >= 0.6 is 0 Å². The largest absolute Gasteiger partial charge is 0.508 e. The number of benzene rings is 1. The average Bonchev–Trinajstić information content (AvgIpc) is 2.47. The zero-order valence-electron chi connectivity index (χ0n) is 12.8. The standard InChI is InChI=1S/C16H21N3O2/c1-11(12-5-7-13(20)8-6-12)18-15-14(19(2)3)9-10-17-16(15)21-4/h5-11,18,20H,1-4H3. The molecule has 0 aliphatic rings. The number of hydrogen-bond acceptors (Lipinski definition) is 5. The molecule has 21 heavy (non-hydrogen) atoms. The first-order chi connectivity index (χ1) is 10.0. The first-order valence-electron chi connectivity index (χ1n) is 6.78. The summed E-state index contributed by atoms with van der Waals surface area (Å²) in [5, 5.41) is 12.8. The number of methoxy groups -OCH3 is 1. The number of anilines is 2. The normalized spacial score (nSPS) is 11.8. The van der Waals surface area contributed by atoms with Gasteiger partial charge in [-0.25, -0.2) is 4.98 Å². The van der Waals surface area contributed by atoms with Gasteiger partial charge in [0.1, 0.15) is 11.4 Å². The second-order valence-corrected chi connectivity index (χ2v) is 5.07. The van der Waals surface area contributed by atoms with Crippen LogP contribution in [0, 0.1) is 0 Å². The van der Waals surface area contributed by atoms with Crippen molar-refractivity contribution >= 4 is 11.4 Å². The smallest absolute Gasteiger partial charge is 0.239 e. The maximum Gasteiger partial charge on any atom is 0.239 e. The molecular weight excluding hydrogens is 266 g/mol.